The van der Waals surface area contributed by atoms with E-state index in [9.17, 15) is 18.0 Å². The summed E-state index contributed by atoms with van der Waals surface area (Å²) in [6.45, 7) is 0.611. The number of carbonyl (C=O) groups excluding carboxylic acids is 1. The van der Waals surface area contributed by atoms with Gasteiger partial charge in [0.2, 0.25) is 10.0 Å². The first-order valence-corrected chi connectivity index (χ1v) is 12.4. The third-order valence-electron chi connectivity index (χ3n) is 4.24. The van der Waals surface area contributed by atoms with Crippen molar-refractivity contribution in [3.8, 4) is 0 Å². The van der Waals surface area contributed by atoms with Crippen molar-refractivity contribution in [3.05, 3.63) is 63.4 Å². The van der Waals surface area contributed by atoms with E-state index in [1.54, 1.807) is 30.3 Å². The van der Waals surface area contributed by atoms with Crippen LogP contribution < -0.4 is 10.3 Å². The van der Waals surface area contributed by atoms with Crippen molar-refractivity contribution in [3.63, 3.8) is 0 Å². The topological polar surface area (TPSA) is 107 Å². The maximum Gasteiger partial charge on any atom is 0.262 e. The largest absolute Gasteiger partial charge is 0.383 e. The van der Waals surface area contributed by atoms with Gasteiger partial charge in [-0.3, -0.25) is 18.9 Å². The second-order valence-electron chi connectivity index (χ2n) is 6.67. The summed E-state index contributed by atoms with van der Waals surface area (Å²) in [5.74, 6) is -0.140. The summed E-state index contributed by atoms with van der Waals surface area (Å²) in [4.78, 5) is 30.1. The van der Waals surface area contributed by atoms with Crippen LogP contribution in [0.1, 0.15) is 10.4 Å². The molecule has 0 aliphatic rings. The first kappa shape index (κ1) is 23.3. The molecule has 3 rings (SSSR count). The zero-order valence-electron chi connectivity index (χ0n) is 16.8. The molecule has 0 fully saturated rings. The van der Waals surface area contributed by atoms with Gasteiger partial charge in [-0.15, -0.1) is 0 Å². The van der Waals surface area contributed by atoms with Gasteiger partial charge in [0.15, 0.2) is 10.9 Å². The normalized spacial score (nSPS) is 11.6. The molecule has 1 N–H and O–H groups in total. The van der Waals surface area contributed by atoms with Crippen LogP contribution in [0, 0.1) is 0 Å². The van der Waals surface area contributed by atoms with Crippen LogP contribution in [0.25, 0.3) is 10.9 Å². The average molecular weight is 482 g/mol. The highest BCUT2D eigenvalue weighted by Gasteiger charge is 2.15. The van der Waals surface area contributed by atoms with Gasteiger partial charge in [-0.05, 0) is 42.5 Å². The number of Topliss-reactive ketones (excluding diaryl/α,β-unsaturated/α-hetero) is 1. The van der Waals surface area contributed by atoms with Gasteiger partial charge >= 0.3 is 0 Å². The first-order valence-electron chi connectivity index (χ1n) is 9.11. The number of halogens is 1. The fourth-order valence-corrected chi connectivity index (χ4v) is 4.47. The Morgan fingerprint density at radius 1 is 1.23 bits per heavy atom. The number of nitrogens with zero attached hydrogens (tertiary/aromatic N) is 2. The molecule has 0 atom stereocenters. The minimum absolute atomic E-state index is 0.0460. The number of ketones is 1. The number of methoxy groups -OCH3 is 1. The van der Waals surface area contributed by atoms with Gasteiger partial charge in [-0.2, -0.15) is 0 Å². The number of fused-ring (bicyclic) bond motifs is 1. The summed E-state index contributed by atoms with van der Waals surface area (Å²) in [5, 5.41) is 1.29. The Morgan fingerprint density at radius 3 is 2.58 bits per heavy atom. The van der Waals surface area contributed by atoms with E-state index in [4.69, 9.17) is 16.3 Å². The van der Waals surface area contributed by atoms with E-state index in [0.29, 0.717) is 45.5 Å². The number of carbonyl (C=O) groups is 1. The second kappa shape index (κ2) is 9.82. The molecule has 0 saturated carbocycles. The van der Waals surface area contributed by atoms with Crippen LogP contribution >= 0.6 is 23.4 Å². The first-order chi connectivity index (χ1) is 14.7. The number of hydrogen-bond acceptors (Lipinski definition) is 7. The Bertz CT molecular complexity index is 1270. The van der Waals surface area contributed by atoms with E-state index in [2.05, 4.69) is 9.71 Å². The van der Waals surface area contributed by atoms with Crippen molar-refractivity contribution in [2.45, 2.75) is 11.7 Å². The lowest BCUT2D eigenvalue weighted by Gasteiger charge is -2.13. The van der Waals surface area contributed by atoms with E-state index >= 15 is 0 Å². The van der Waals surface area contributed by atoms with Crippen molar-refractivity contribution in [1.29, 1.82) is 0 Å². The third kappa shape index (κ3) is 6.07. The third-order valence-corrected chi connectivity index (χ3v) is 6.06. The lowest BCUT2D eigenvalue weighted by Crippen LogP contribution is -2.25. The van der Waals surface area contributed by atoms with Crippen LogP contribution in [-0.4, -0.2) is 49.5 Å². The molecule has 31 heavy (non-hydrogen) atoms. The minimum atomic E-state index is -3.39. The molecule has 2 aromatic carbocycles. The van der Waals surface area contributed by atoms with E-state index in [0.717, 1.165) is 18.0 Å². The highest BCUT2D eigenvalue weighted by molar-refractivity contribution is 7.99. The minimum Gasteiger partial charge on any atom is -0.383 e. The molecule has 0 saturated heterocycles. The maximum atomic E-state index is 12.9. The van der Waals surface area contributed by atoms with Crippen LogP contribution in [0.2, 0.25) is 5.02 Å². The molecule has 1 aromatic heterocycles. The fourth-order valence-electron chi connectivity index (χ4n) is 2.82. The average Bonchev–Trinajstić information content (AvgIpc) is 2.70. The Balaban J connectivity index is 1.83. The number of rotatable bonds is 9. The van der Waals surface area contributed by atoms with Crippen LogP contribution in [-0.2, 0) is 21.3 Å². The van der Waals surface area contributed by atoms with Gasteiger partial charge in [-0.25, -0.2) is 13.4 Å². The Hall–Kier alpha value is -2.40. The number of anilines is 1. The molecule has 0 aliphatic heterocycles. The van der Waals surface area contributed by atoms with Gasteiger partial charge < -0.3 is 4.74 Å². The van der Waals surface area contributed by atoms with Gasteiger partial charge in [0.25, 0.3) is 5.56 Å². The summed E-state index contributed by atoms with van der Waals surface area (Å²) in [6.07, 6.45) is 1.05. The Labute approximate surface area is 188 Å². The van der Waals surface area contributed by atoms with Gasteiger partial charge in [0.05, 0.1) is 36.1 Å². The molecule has 11 heteroatoms. The van der Waals surface area contributed by atoms with Gasteiger partial charge in [0, 0.05) is 23.4 Å². The molecule has 0 amide bonds. The SMILES string of the molecule is COCCn1c(SCC(=O)c2ccc(NS(C)(=O)=O)cc2)nc2cc(Cl)ccc2c1=O. The van der Waals surface area contributed by atoms with Crippen LogP contribution in [0.15, 0.2) is 52.4 Å². The van der Waals surface area contributed by atoms with Crippen LogP contribution in [0.5, 0.6) is 0 Å². The quantitative estimate of drug-likeness (QED) is 0.284. The fraction of sp³-hybridized carbons (Fsp3) is 0.250. The predicted molar refractivity (Wildman–Crippen MR) is 123 cm³/mol. The van der Waals surface area contributed by atoms with Crippen LogP contribution in [0.3, 0.4) is 0 Å². The number of ether oxygens (including phenoxy) is 1. The molecule has 8 nitrogen and oxygen atoms in total. The number of aromatic nitrogens is 2. The molecule has 0 spiro atoms. The Morgan fingerprint density at radius 2 is 1.94 bits per heavy atom. The predicted octanol–water partition coefficient (Wildman–Crippen LogP) is 3.04. The lowest BCUT2D eigenvalue weighted by atomic mass is 10.1. The summed E-state index contributed by atoms with van der Waals surface area (Å²) in [5.41, 5.74) is 1.01. The van der Waals surface area contributed by atoms with Crippen molar-refractivity contribution in [2.24, 2.45) is 0 Å². The zero-order valence-corrected chi connectivity index (χ0v) is 19.2. The number of nitrogens with one attached hydrogen (secondary N) is 1. The molecule has 1 heterocycles. The second-order valence-corrected chi connectivity index (χ2v) is 9.80. The number of thioether (sulfide) groups is 1. The van der Waals surface area contributed by atoms with E-state index in [1.165, 1.54) is 23.8 Å². The zero-order chi connectivity index (χ0) is 22.6. The highest BCUT2D eigenvalue weighted by atomic mass is 35.5. The van der Waals surface area contributed by atoms with E-state index in [-0.39, 0.29) is 17.1 Å². The summed E-state index contributed by atoms with van der Waals surface area (Å²) < 4.78 is 31.5. The molecule has 0 unspecified atom stereocenters. The molecule has 0 radical (unpaired) electrons. The number of hydrogen-bond donors (Lipinski definition) is 1. The van der Waals surface area contributed by atoms with E-state index < -0.39 is 10.0 Å². The summed E-state index contributed by atoms with van der Waals surface area (Å²) in [6, 6.07) is 11.0. The summed E-state index contributed by atoms with van der Waals surface area (Å²) >= 11 is 7.18. The van der Waals surface area contributed by atoms with Crippen molar-refractivity contribution in [2.75, 3.05) is 30.4 Å². The molecular formula is C20H20ClN3O5S2. The standard InChI is InChI=1S/C20H20ClN3O5S2/c1-29-10-9-24-19(26)16-8-5-14(21)11-17(16)22-20(24)30-12-18(25)13-3-6-15(7-4-13)23-31(2,27)28/h3-8,11,23H,9-10,12H2,1-2H3. The molecule has 164 valence electrons. The van der Waals surface area contributed by atoms with Crippen molar-refractivity contribution < 1.29 is 17.9 Å². The molecular weight excluding hydrogens is 462 g/mol. The highest BCUT2D eigenvalue weighted by Crippen LogP contribution is 2.22. The lowest BCUT2D eigenvalue weighted by molar-refractivity contribution is 0.102. The van der Waals surface area contributed by atoms with Gasteiger partial charge in [0.1, 0.15) is 0 Å². The van der Waals surface area contributed by atoms with Crippen molar-refractivity contribution >= 4 is 55.8 Å². The molecule has 3 aromatic rings. The Kier molecular flexibility index (Phi) is 7.37. The molecule has 0 aliphatic carbocycles. The van der Waals surface area contributed by atoms with E-state index in [1.807, 2.05) is 0 Å². The smallest absolute Gasteiger partial charge is 0.262 e. The number of benzene rings is 2. The van der Waals surface area contributed by atoms with Crippen molar-refractivity contribution in [1.82, 2.24) is 9.55 Å². The monoisotopic (exact) mass is 481 g/mol. The maximum absolute atomic E-state index is 12.9. The number of sulfonamides is 1. The summed E-state index contributed by atoms with van der Waals surface area (Å²) in [7, 11) is -1.85. The molecule has 0 bridgehead atoms. The van der Waals surface area contributed by atoms with Gasteiger partial charge in [-0.1, -0.05) is 23.4 Å². The van der Waals surface area contributed by atoms with Crippen LogP contribution in [0.4, 0.5) is 5.69 Å².